The van der Waals surface area contributed by atoms with E-state index in [1.807, 2.05) is 37.4 Å². The van der Waals surface area contributed by atoms with Gasteiger partial charge in [-0.15, -0.1) is 0 Å². The lowest BCUT2D eigenvalue weighted by molar-refractivity contribution is 0.170. The molecule has 0 amide bonds. The molecule has 0 aliphatic carbocycles. The maximum atomic E-state index is 9.68. The number of hydrogen-bond acceptors (Lipinski definition) is 3. The standard InChI is InChI=1S/C17H25N3/c1-15-7-6-11-20(13-15)12-10-17(14-18,19-2)16-8-4-3-5-9-16/h3-5,8-9,15,19H,6-7,10-13H2,1-2H3. The van der Waals surface area contributed by atoms with Crippen LogP contribution in [-0.2, 0) is 5.54 Å². The SMILES string of the molecule is CNC(C#N)(CCN1CCCC(C)C1)c1ccccc1. The molecule has 1 saturated heterocycles. The molecule has 1 aromatic carbocycles. The zero-order chi connectivity index (χ0) is 14.4. The summed E-state index contributed by atoms with van der Waals surface area (Å²) in [5, 5.41) is 12.9. The highest BCUT2D eigenvalue weighted by Crippen LogP contribution is 2.25. The van der Waals surface area contributed by atoms with Crippen molar-refractivity contribution in [2.75, 3.05) is 26.7 Å². The molecule has 1 aromatic rings. The molecule has 20 heavy (non-hydrogen) atoms. The van der Waals surface area contributed by atoms with Crippen LogP contribution in [0.5, 0.6) is 0 Å². The summed E-state index contributed by atoms with van der Waals surface area (Å²) in [5.41, 5.74) is 0.497. The van der Waals surface area contributed by atoms with Gasteiger partial charge in [0.1, 0.15) is 5.54 Å². The summed E-state index contributed by atoms with van der Waals surface area (Å²) in [6.07, 6.45) is 3.45. The first kappa shape index (κ1) is 15.0. The molecule has 2 atom stereocenters. The number of rotatable bonds is 5. The summed E-state index contributed by atoms with van der Waals surface area (Å²) < 4.78 is 0. The third-order valence-electron chi connectivity index (χ3n) is 4.43. The molecule has 108 valence electrons. The van der Waals surface area contributed by atoms with Crippen molar-refractivity contribution < 1.29 is 0 Å². The first-order chi connectivity index (χ1) is 9.70. The lowest BCUT2D eigenvalue weighted by Crippen LogP contribution is -2.43. The van der Waals surface area contributed by atoms with Crippen molar-refractivity contribution in [3.05, 3.63) is 35.9 Å². The number of benzene rings is 1. The minimum Gasteiger partial charge on any atom is -0.303 e. The van der Waals surface area contributed by atoms with E-state index in [4.69, 9.17) is 0 Å². The van der Waals surface area contributed by atoms with Crippen LogP contribution in [0.15, 0.2) is 30.3 Å². The van der Waals surface area contributed by atoms with Gasteiger partial charge in [0.05, 0.1) is 6.07 Å². The van der Waals surface area contributed by atoms with Crippen molar-refractivity contribution in [1.29, 1.82) is 5.26 Å². The first-order valence-electron chi connectivity index (χ1n) is 7.58. The number of piperidine rings is 1. The minimum absolute atomic E-state index is 0.568. The molecule has 0 aromatic heterocycles. The van der Waals surface area contributed by atoms with Gasteiger partial charge in [-0.1, -0.05) is 37.3 Å². The predicted octanol–water partition coefficient (Wildman–Crippen LogP) is 2.75. The van der Waals surface area contributed by atoms with E-state index in [0.29, 0.717) is 0 Å². The Bertz CT molecular complexity index is 451. The van der Waals surface area contributed by atoms with Gasteiger partial charge in [-0.2, -0.15) is 5.26 Å². The van der Waals surface area contributed by atoms with Gasteiger partial charge in [0.2, 0.25) is 0 Å². The largest absolute Gasteiger partial charge is 0.303 e. The van der Waals surface area contributed by atoms with Crippen LogP contribution in [0.25, 0.3) is 0 Å². The van der Waals surface area contributed by atoms with Crippen molar-refractivity contribution in [2.24, 2.45) is 5.92 Å². The zero-order valence-electron chi connectivity index (χ0n) is 12.6. The Hall–Kier alpha value is -1.37. The molecular formula is C17H25N3. The topological polar surface area (TPSA) is 39.1 Å². The summed E-state index contributed by atoms with van der Waals surface area (Å²) >= 11 is 0. The van der Waals surface area contributed by atoms with Crippen LogP contribution in [0.3, 0.4) is 0 Å². The summed E-state index contributed by atoms with van der Waals surface area (Å²) in [6, 6.07) is 12.6. The molecular weight excluding hydrogens is 246 g/mol. The number of hydrogen-bond donors (Lipinski definition) is 1. The highest BCUT2D eigenvalue weighted by Gasteiger charge is 2.31. The Kier molecular flexibility index (Phi) is 5.17. The Morgan fingerprint density at radius 2 is 2.15 bits per heavy atom. The number of nitrogens with one attached hydrogen (secondary N) is 1. The summed E-state index contributed by atoms with van der Waals surface area (Å²) in [6.45, 7) is 5.64. The third-order valence-corrected chi connectivity index (χ3v) is 4.43. The lowest BCUT2D eigenvalue weighted by atomic mass is 9.87. The Morgan fingerprint density at radius 1 is 1.40 bits per heavy atom. The van der Waals surface area contributed by atoms with Crippen LogP contribution in [0.1, 0.15) is 31.7 Å². The average Bonchev–Trinajstić information content (AvgIpc) is 2.50. The van der Waals surface area contributed by atoms with Crippen molar-refractivity contribution in [2.45, 2.75) is 31.7 Å². The molecule has 2 unspecified atom stereocenters. The fourth-order valence-electron chi connectivity index (χ4n) is 3.13. The van der Waals surface area contributed by atoms with Crippen molar-refractivity contribution in [3.8, 4) is 6.07 Å². The molecule has 1 fully saturated rings. The van der Waals surface area contributed by atoms with E-state index in [1.54, 1.807) is 0 Å². The van der Waals surface area contributed by atoms with Gasteiger partial charge in [-0.25, -0.2) is 0 Å². The van der Waals surface area contributed by atoms with E-state index >= 15 is 0 Å². The van der Waals surface area contributed by atoms with E-state index in [-0.39, 0.29) is 0 Å². The van der Waals surface area contributed by atoms with E-state index in [9.17, 15) is 5.26 Å². The second kappa shape index (κ2) is 6.88. The second-order valence-corrected chi connectivity index (χ2v) is 5.93. The van der Waals surface area contributed by atoms with Crippen LogP contribution >= 0.6 is 0 Å². The van der Waals surface area contributed by atoms with E-state index in [2.05, 4.69) is 23.2 Å². The molecule has 3 heteroatoms. The summed E-state index contributed by atoms with van der Waals surface area (Å²) in [4.78, 5) is 2.50. The van der Waals surface area contributed by atoms with Crippen LogP contribution in [0.2, 0.25) is 0 Å². The van der Waals surface area contributed by atoms with Gasteiger partial charge in [-0.05, 0) is 44.3 Å². The lowest BCUT2D eigenvalue weighted by Gasteiger charge is -2.34. The molecule has 2 rings (SSSR count). The first-order valence-corrected chi connectivity index (χ1v) is 7.58. The molecule has 0 saturated carbocycles. The molecule has 1 aliphatic heterocycles. The van der Waals surface area contributed by atoms with Gasteiger partial charge in [0, 0.05) is 13.1 Å². The number of nitriles is 1. The van der Waals surface area contributed by atoms with Gasteiger partial charge in [0.25, 0.3) is 0 Å². The van der Waals surface area contributed by atoms with Crippen LogP contribution < -0.4 is 5.32 Å². The number of nitrogens with zero attached hydrogens (tertiary/aromatic N) is 2. The predicted molar refractivity (Wildman–Crippen MR) is 82.2 cm³/mol. The molecule has 3 nitrogen and oxygen atoms in total. The smallest absolute Gasteiger partial charge is 0.133 e. The third kappa shape index (κ3) is 3.39. The second-order valence-electron chi connectivity index (χ2n) is 5.93. The molecule has 0 bridgehead atoms. The van der Waals surface area contributed by atoms with Gasteiger partial charge >= 0.3 is 0 Å². The van der Waals surface area contributed by atoms with E-state index in [1.165, 1.54) is 25.9 Å². The van der Waals surface area contributed by atoms with Gasteiger partial charge in [-0.3, -0.25) is 5.32 Å². The molecule has 1 heterocycles. The normalized spacial score (nSPS) is 22.9. The highest BCUT2D eigenvalue weighted by atomic mass is 15.1. The average molecular weight is 271 g/mol. The van der Waals surface area contributed by atoms with Crippen LogP contribution in [0.4, 0.5) is 0 Å². The van der Waals surface area contributed by atoms with Crippen molar-refractivity contribution in [1.82, 2.24) is 10.2 Å². The number of likely N-dealkylation sites (tertiary alicyclic amines) is 1. The molecule has 1 aliphatic rings. The Balaban J connectivity index is 2.05. The van der Waals surface area contributed by atoms with Crippen molar-refractivity contribution in [3.63, 3.8) is 0 Å². The molecule has 1 N–H and O–H groups in total. The quantitative estimate of drug-likeness (QED) is 0.895. The fourth-order valence-corrected chi connectivity index (χ4v) is 3.13. The van der Waals surface area contributed by atoms with E-state index in [0.717, 1.165) is 24.4 Å². The fraction of sp³-hybridized carbons (Fsp3) is 0.588. The maximum absolute atomic E-state index is 9.68. The zero-order valence-corrected chi connectivity index (χ0v) is 12.6. The van der Waals surface area contributed by atoms with Crippen molar-refractivity contribution >= 4 is 0 Å². The molecule has 0 radical (unpaired) electrons. The summed E-state index contributed by atoms with van der Waals surface area (Å²) in [7, 11) is 1.88. The van der Waals surface area contributed by atoms with Gasteiger partial charge in [0.15, 0.2) is 0 Å². The highest BCUT2D eigenvalue weighted by molar-refractivity contribution is 5.31. The van der Waals surface area contributed by atoms with Crippen LogP contribution in [-0.4, -0.2) is 31.6 Å². The minimum atomic E-state index is -0.568. The van der Waals surface area contributed by atoms with Crippen LogP contribution in [0, 0.1) is 17.2 Å². The Labute approximate surface area is 122 Å². The monoisotopic (exact) mass is 271 g/mol. The molecule has 0 spiro atoms. The summed E-state index contributed by atoms with van der Waals surface area (Å²) in [5.74, 6) is 0.784. The maximum Gasteiger partial charge on any atom is 0.133 e. The Morgan fingerprint density at radius 3 is 2.75 bits per heavy atom. The van der Waals surface area contributed by atoms with Gasteiger partial charge < -0.3 is 4.90 Å². The van der Waals surface area contributed by atoms with E-state index < -0.39 is 5.54 Å².